The Labute approximate surface area is 132 Å². The number of likely N-dealkylation sites (N-methyl/N-ethyl adjacent to an activating group) is 1. The minimum Gasteiger partial charge on any atom is -0.380 e. The lowest BCUT2D eigenvalue weighted by atomic mass is 10.5. The summed E-state index contributed by atoms with van der Waals surface area (Å²) in [6, 6.07) is 1.45. The van der Waals surface area contributed by atoms with E-state index in [-0.39, 0.29) is 16.6 Å². The van der Waals surface area contributed by atoms with Crippen LogP contribution in [0.5, 0.6) is 0 Å². The Kier molecular flexibility index (Phi) is 5.42. The van der Waals surface area contributed by atoms with Crippen molar-refractivity contribution in [1.29, 1.82) is 0 Å². The van der Waals surface area contributed by atoms with E-state index >= 15 is 0 Å². The van der Waals surface area contributed by atoms with Gasteiger partial charge in [0.05, 0.1) is 6.61 Å². The maximum absolute atomic E-state index is 12.4. The summed E-state index contributed by atoms with van der Waals surface area (Å²) in [4.78, 5) is 3.84. The van der Waals surface area contributed by atoms with Gasteiger partial charge in [0.25, 0.3) is 0 Å². The van der Waals surface area contributed by atoms with Crippen molar-refractivity contribution in [1.82, 2.24) is 9.29 Å². The summed E-state index contributed by atoms with van der Waals surface area (Å²) in [5, 5.41) is -0.0288. The molecule has 0 amide bonds. The van der Waals surface area contributed by atoms with Gasteiger partial charge in [0.2, 0.25) is 10.0 Å². The van der Waals surface area contributed by atoms with E-state index in [4.69, 9.17) is 16.3 Å². The Bertz CT molecular complexity index is 578. The molecule has 112 valence electrons. The molecule has 1 aliphatic rings. The third-order valence-corrected chi connectivity index (χ3v) is 5.78. The van der Waals surface area contributed by atoms with E-state index in [9.17, 15) is 8.42 Å². The van der Waals surface area contributed by atoms with Crippen LogP contribution in [-0.2, 0) is 14.8 Å². The van der Waals surface area contributed by atoms with Gasteiger partial charge in [-0.3, -0.25) is 0 Å². The summed E-state index contributed by atoms with van der Waals surface area (Å²) in [5.41, 5.74) is 0. The van der Waals surface area contributed by atoms with Crippen LogP contribution in [0.2, 0.25) is 5.15 Å². The monoisotopic (exact) mass is 382 g/mol. The average molecular weight is 384 g/mol. The molecule has 20 heavy (non-hydrogen) atoms. The zero-order valence-electron chi connectivity index (χ0n) is 11.1. The van der Waals surface area contributed by atoms with Crippen molar-refractivity contribution >= 4 is 37.6 Å². The quantitative estimate of drug-likeness (QED) is 0.536. The highest BCUT2D eigenvalue weighted by Gasteiger charge is 2.25. The predicted octanol–water partition coefficient (Wildman–Crippen LogP) is 2.54. The Morgan fingerprint density at radius 1 is 1.55 bits per heavy atom. The minimum atomic E-state index is -3.65. The molecule has 1 heterocycles. The molecule has 0 saturated heterocycles. The van der Waals surface area contributed by atoms with Crippen molar-refractivity contribution in [3.05, 3.63) is 21.9 Å². The number of pyridine rings is 1. The van der Waals surface area contributed by atoms with Gasteiger partial charge in [0.1, 0.15) is 10.0 Å². The number of hydrogen-bond acceptors (Lipinski definition) is 4. The average Bonchev–Trinajstić information content (AvgIpc) is 3.21. The van der Waals surface area contributed by atoms with Gasteiger partial charge >= 0.3 is 0 Å². The highest BCUT2D eigenvalue weighted by atomic mass is 79.9. The summed E-state index contributed by atoms with van der Waals surface area (Å²) in [7, 11) is -2.14. The molecule has 0 atom stereocenters. The number of aromatic nitrogens is 1. The molecule has 0 radical (unpaired) electrons. The van der Waals surface area contributed by atoms with Crippen LogP contribution in [0, 0.1) is 5.92 Å². The first kappa shape index (κ1) is 16.2. The second-order valence-electron chi connectivity index (χ2n) is 4.79. The standard InChI is InChI=1S/C12H16BrClN2O3S/c1-16(4-5-19-8-9-2-3-9)20(17,18)11-6-10(13)7-15-12(11)14/h6-7,9H,2-5,8H2,1H3. The SMILES string of the molecule is CN(CCOCC1CC1)S(=O)(=O)c1cc(Br)cnc1Cl. The highest BCUT2D eigenvalue weighted by molar-refractivity contribution is 9.10. The van der Waals surface area contributed by atoms with Crippen molar-refractivity contribution in [2.24, 2.45) is 5.92 Å². The van der Waals surface area contributed by atoms with Crippen LogP contribution < -0.4 is 0 Å². The van der Waals surface area contributed by atoms with Crippen molar-refractivity contribution in [3.8, 4) is 0 Å². The number of sulfonamides is 1. The molecule has 0 aromatic carbocycles. The second-order valence-corrected chi connectivity index (χ2v) is 8.07. The van der Waals surface area contributed by atoms with Gasteiger partial charge in [0.15, 0.2) is 0 Å². The van der Waals surface area contributed by atoms with E-state index < -0.39 is 10.0 Å². The highest BCUT2D eigenvalue weighted by Crippen LogP contribution is 2.29. The lowest BCUT2D eigenvalue weighted by Gasteiger charge is -2.17. The first-order valence-corrected chi connectivity index (χ1v) is 8.87. The van der Waals surface area contributed by atoms with Crippen LogP contribution >= 0.6 is 27.5 Å². The summed E-state index contributed by atoms with van der Waals surface area (Å²) in [6.45, 7) is 1.39. The van der Waals surface area contributed by atoms with Crippen LogP contribution in [0.15, 0.2) is 21.6 Å². The molecule has 1 aromatic rings. The fourth-order valence-corrected chi connectivity index (χ4v) is 3.67. The van der Waals surface area contributed by atoms with E-state index in [1.807, 2.05) is 0 Å². The molecule has 1 fully saturated rings. The summed E-state index contributed by atoms with van der Waals surface area (Å²) in [6.07, 6.45) is 3.89. The molecular weight excluding hydrogens is 368 g/mol. The lowest BCUT2D eigenvalue weighted by molar-refractivity contribution is 0.117. The first-order valence-electron chi connectivity index (χ1n) is 6.26. The van der Waals surface area contributed by atoms with Gasteiger partial charge < -0.3 is 4.74 Å². The van der Waals surface area contributed by atoms with E-state index in [0.717, 1.165) is 0 Å². The number of rotatable bonds is 7. The third-order valence-electron chi connectivity index (χ3n) is 3.06. The van der Waals surface area contributed by atoms with Gasteiger partial charge in [-0.25, -0.2) is 13.4 Å². The van der Waals surface area contributed by atoms with Crippen LogP contribution in [-0.4, -0.2) is 44.5 Å². The Morgan fingerprint density at radius 3 is 2.90 bits per heavy atom. The fraction of sp³-hybridized carbons (Fsp3) is 0.583. The van der Waals surface area contributed by atoms with Crippen molar-refractivity contribution in [2.75, 3.05) is 26.8 Å². The van der Waals surface area contributed by atoms with Gasteiger partial charge in [-0.2, -0.15) is 4.31 Å². The molecule has 5 nitrogen and oxygen atoms in total. The molecule has 1 saturated carbocycles. The topological polar surface area (TPSA) is 59.5 Å². The van der Waals surface area contributed by atoms with E-state index in [1.54, 1.807) is 0 Å². The van der Waals surface area contributed by atoms with Gasteiger partial charge in [-0.05, 0) is 40.8 Å². The molecule has 1 aliphatic carbocycles. The molecular formula is C12H16BrClN2O3S. The summed E-state index contributed by atoms with van der Waals surface area (Å²) in [5.74, 6) is 0.667. The fourth-order valence-electron chi connectivity index (χ4n) is 1.60. The maximum atomic E-state index is 12.4. The molecule has 2 rings (SSSR count). The molecule has 0 aliphatic heterocycles. The summed E-state index contributed by atoms with van der Waals surface area (Å²) >= 11 is 9.06. The zero-order chi connectivity index (χ0) is 14.8. The van der Waals surface area contributed by atoms with Crippen molar-refractivity contribution in [2.45, 2.75) is 17.7 Å². The van der Waals surface area contributed by atoms with Crippen LogP contribution in [0.1, 0.15) is 12.8 Å². The van der Waals surface area contributed by atoms with Crippen molar-refractivity contribution < 1.29 is 13.2 Å². The first-order chi connectivity index (χ1) is 9.41. The number of ether oxygens (including phenoxy) is 1. The van der Waals surface area contributed by atoms with Gasteiger partial charge in [-0.15, -0.1) is 0 Å². The van der Waals surface area contributed by atoms with Crippen molar-refractivity contribution in [3.63, 3.8) is 0 Å². The Morgan fingerprint density at radius 2 is 2.25 bits per heavy atom. The van der Waals surface area contributed by atoms with Crippen LogP contribution in [0.4, 0.5) is 0 Å². The molecule has 1 aromatic heterocycles. The van der Waals surface area contributed by atoms with E-state index in [1.165, 1.54) is 36.5 Å². The zero-order valence-corrected chi connectivity index (χ0v) is 14.2. The normalized spacial score (nSPS) is 15.8. The second kappa shape index (κ2) is 6.70. The van der Waals surface area contributed by atoms with E-state index in [0.29, 0.717) is 23.6 Å². The minimum absolute atomic E-state index is 0.00163. The smallest absolute Gasteiger partial charge is 0.246 e. The number of nitrogens with zero attached hydrogens (tertiary/aromatic N) is 2. The number of hydrogen-bond donors (Lipinski definition) is 0. The molecule has 0 bridgehead atoms. The summed E-state index contributed by atoms with van der Waals surface area (Å²) < 4.78 is 32.0. The van der Waals surface area contributed by atoms with Gasteiger partial charge in [0, 0.05) is 30.9 Å². The van der Waals surface area contributed by atoms with Gasteiger partial charge in [-0.1, -0.05) is 11.6 Å². The van der Waals surface area contributed by atoms with Crippen LogP contribution in [0.25, 0.3) is 0 Å². The largest absolute Gasteiger partial charge is 0.380 e. The van der Waals surface area contributed by atoms with E-state index in [2.05, 4.69) is 20.9 Å². The molecule has 0 unspecified atom stereocenters. The van der Waals surface area contributed by atoms with Crippen LogP contribution in [0.3, 0.4) is 0 Å². The lowest BCUT2D eigenvalue weighted by Crippen LogP contribution is -2.30. The Balaban J connectivity index is 1.98. The number of halogens is 2. The molecule has 0 spiro atoms. The molecule has 8 heteroatoms. The Hall–Kier alpha value is -0.210. The molecule has 0 N–H and O–H groups in total. The predicted molar refractivity (Wildman–Crippen MR) is 80.3 cm³/mol. The third kappa shape index (κ3) is 4.14. The maximum Gasteiger partial charge on any atom is 0.246 e.